The zero-order valence-electron chi connectivity index (χ0n) is 9.20. The Morgan fingerprint density at radius 1 is 1.35 bits per heavy atom. The highest BCUT2D eigenvalue weighted by Gasteiger charge is 2.21. The number of aliphatic hydroxyl groups is 2. The lowest BCUT2D eigenvalue weighted by Gasteiger charge is -2.16. The maximum atomic E-state index is 11.1. The first-order chi connectivity index (χ1) is 7.91. The Bertz CT molecular complexity index is 432. The highest BCUT2D eigenvalue weighted by Crippen LogP contribution is 2.19. The number of aliphatic hydroxyl groups excluding tert-OH is 2. The minimum absolute atomic E-state index is 0.214. The third-order valence-corrected chi connectivity index (χ3v) is 2.26. The molecule has 2 unspecified atom stereocenters. The van der Waals surface area contributed by atoms with Crippen LogP contribution in [0.25, 0.3) is 0 Å². The van der Waals surface area contributed by atoms with Gasteiger partial charge in [-0.25, -0.2) is 0 Å². The van der Waals surface area contributed by atoms with Gasteiger partial charge in [0.2, 0.25) is 0 Å². The average molecular weight is 239 g/mol. The van der Waals surface area contributed by atoms with Gasteiger partial charge >= 0.3 is 5.97 Å². The smallest absolute Gasteiger partial charge is 0.306 e. The lowest BCUT2D eigenvalue weighted by Crippen LogP contribution is -2.22. The molecule has 0 aromatic carbocycles. The number of hydrogen-bond acceptors (Lipinski definition) is 5. The van der Waals surface area contributed by atoms with Crippen molar-refractivity contribution in [2.45, 2.75) is 25.6 Å². The van der Waals surface area contributed by atoms with Crippen molar-refractivity contribution in [2.75, 3.05) is 0 Å². The molecule has 3 N–H and O–H groups in total. The van der Waals surface area contributed by atoms with Crippen LogP contribution in [0.2, 0.25) is 0 Å². The van der Waals surface area contributed by atoms with Crippen LogP contribution in [0.4, 0.5) is 0 Å². The van der Waals surface area contributed by atoms with Gasteiger partial charge in [-0.3, -0.25) is 14.6 Å². The summed E-state index contributed by atoms with van der Waals surface area (Å²) in [4.78, 5) is 25.2. The lowest BCUT2D eigenvalue weighted by atomic mass is 10.0. The van der Waals surface area contributed by atoms with Gasteiger partial charge in [-0.2, -0.15) is 0 Å². The topological polar surface area (TPSA) is 108 Å². The Hall–Kier alpha value is -1.79. The van der Waals surface area contributed by atoms with E-state index in [0.717, 1.165) is 0 Å². The molecule has 0 bridgehead atoms. The number of rotatable bonds is 5. The molecule has 0 aliphatic heterocycles. The normalized spacial score (nSPS) is 14.1. The molecule has 0 amide bonds. The summed E-state index contributed by atoms with van der Waals surface area (Å²) in [5, 5.41) is 27.6. The molecule has 1 aromatic rings. The van der Waals surface area contributed by atoms with Gasteiger partial charge in [-0.05, 0) is 13.0 Å². The zero-order valence-corrected chi connectivity index (χ0v) is 9.20. The van der Waals surface area contributed by atoms with Crippen molar-refractivity contribution in [3.05, 3.63) is 29.6 Å². The minimum Gasteiger partial charge on any atom is -0.481 e. The second kappa shape index (κ2) is 5.51. The Balaban J connectivity index is 2.88. The van der Waals surface area contributed by atoms with Gasteiger partial charge in [0.25, 0.3) is 0 Å². The van der Waals surface area contributed by atoms with E-state index < -0.39 is 24.6 Å². The summed E-state index contributed by atoms with van der Waals surface area (Å²) in [6.07, 6.45) is -0.773. The Labute approximate surface area is 97.5 Å². The van der Waals surface area contributed by atoms with E-state index in [1.165, 1.54) is 25.4 Å². The van der Waals surface area contributed by atoms with E-state index in [-0.39, 0.29) is 11.3 Å². The zero-order chi connectivity index (χ0) is 13.0. The van der Waals surface area contributed by atoms with Crippen molar-refractivity contribution in [1.82, 2.24) is 4.98 Å². The monoisotopic (exact) mass is 239 g/mol. The van der Waals surface area contributed by atoms with Crippen LogP contribution in [0.3, 0.4) is 0 Å². The number of aliphatic carboxylic acids is 1. The van der Waals surface area contributed by atoms with E-state index in [1.807, 2.05) is 0 Å². The van der Waals surface area contributed by atoms with Crippen LogP contribution in [0, 0.1) is 0 Å². The van der Waals surface area contributed by atoms with Crippen LogP contribution in [0.15, 0.2) is 18.5 Å². The molecule has 0 fully saturated rings. The first-order valence-corrected chi connectivity index (χ1v) is 4.95. The van der Waals surface area contributed by atoms with Crippen LogP contribution in [-0.2, 0) is 4.79 Å². The molecule has 17 heavy (non-hydrogen) atoms. The summed E-state index contributed by atoms with van der Waals surface area (Å²) in [5.41, 5.74) is 0.510. The fourth-order valence-electron chi connectivity index (χ4n) is 1.32. The molecule has 1 rings (SSSR count). The number of carboxylic acid groups (broad SMARTS) is 1. The number of pyridine rings is 1. The molecule has 1 aromatic heterocycles. The average Bonchev–Trinajstić information content (AvgIpc) is 2.27. The summed E-state index contributed by atoms with van der Waals surface area (Å²) in [6, 6.07) is 1.38. The number of carboxylic acids is 1. The van der Waals surface area contributed by atoms with Gasteiger partial charge in [0, 0.05) is 23.5 Å². The van der Waals surface area contributed by atoms with Crippen LogP contribution in [0.5, 0.6) is 0 Å². The molecule has 6 heteroatoms. The first-order valence-electron chi connectivity index (χ1n) is 4.95. The van der Waals surface area contributed by atoms with Gasteiger partial charge in [-0.15, -0.1) is 0 Å². The summed E-state index contributed by atoms with van der Waals surface area (Å²) in [6.45, 7) is 1.35. The number of carbonyl (C=O) groups is 2. The van der Waals surface area contributed by atoms with Crippen molar-refractivity contribution in [3.63, 3.8) is 0 Å². The van der Waals surface area contributed by atoms with Crippen LogP contribution < -0.4 is 0 Å². The highest BCUT2D eigenvalue weighted by atomic mass is 16.4. The number of hydrogen-bond donors (Lipinski definition) is 3. The number of ketones is 1. The second-order valence-corrected chi connectivity index (χ2v) is 3.67. The van der Waals surface area contributed by atoms with E-state index in [2.05, 4.69) is 4.98 Å². The second-order valence-electron chi connectivity index (χ2n) is 3.67. The third-order valence-electron chi connectivity index (χ3n) is 2.26. The molecule has 0 aliphatic rings. The minimum atomic E-state index is -1.43. The van der Waals surface area contributed by atoms with E-state index in [1.54, 1.807) is 0 Å². The van der Waals surface area contributed by atoms with Crippen LogP contribution in [-0.4, -0.2) is 38.2 Å². The van der Waals surface area contributed by atoms with Gasteiger partial charge in [0.15, 0.2) is 5.78 Å². The van der Waals surface area contributed by atoms with Gasteiger partial charge < -0.3 is 15.3 Å². The van der Waals surface area contributed by atoms with E-state index in [0.29, 0.717) is 5.56 Å². The SMILES string of the molecule is CC(=O)c1cncc(C(O)C(O)CC(=O)O)c1. The molecule has 6 nitrogen and oxygen atoms in total. The summed E-state index contributed by atoms with van der Waals surface area (Å²) >= 11 is 0. The number of aromatic nitrogens is 1. The molecule has 0 spiro atoms. The van der Waals surface area contributed by atoms with Gasteiger partial charge in [0.1, 0.15) is 6.10 Å². The van der Waals surface area contributed by atoms with Crippen molar-refractivity contribution < 1.29 is 24.9 Å². The fourth-order valence-corrected chi connectivity index (χ4v) is 1.32. The molecule has 0 saturated heterocycles. The molecule has 2 atom stereocenters. The third kappa shape index (κ3) is 3.61. The molecular weight excluding hydrogens is 226 g/mol. The van der Waals surface area contributed by atoms with E-state index in [4.69, 9.17) is 5.11 Å². The summed E-state index contributed by atoms with van der Waals surface area (Å²) < 4.78 is 0. The van der Waals surface area contributed by atoms with Gasteiger partial charge in [0.05, 0.1) is 12.5 Å². The van der Waals surface area contributed by atoms with E-state index in [9.17, 15) is 19.8 Å². The molecule has 0 radical (unpaired) electrons. The highest BCUT2D eigenvalue weighted by molar-refractivity contribution is 5.93. The Kier molecular flexibility index (Phi) is 4.30. The Morgan fingerprint density at radius 3 is 2.53 bits per heavy atom. The number of Topliss-reactive ketones (excluding diaryl/α,β-unsaturated/α-hetero) is 1. The molecule has 92 valence electrons. The Morgan fingerprint density at radius 2 is 2.00 bits per heavy atom. The summed E-state index contributed by atoms with van der Waals surface area (Å²) in [7, 11) is 0. The molecule has 1 heterocycles. The maximum Gasteiger partial charge on any atom is 0.306 e. The van der Waals surface area contributed by atoms with Crippen molar-refractivity contribution >= 4 is 11.8 Å². The van der Waals surface area contributed by atoms with Crippen molar-refractivity contribution in [2.24, 2.45) is 0 Å². The van der Waals surface area contributed by atoms with Crippen molar-refractivity contribution in [1.29, 1.82) is 0 Å². The van der Waals surface area contributed by atoms with Gasteiger partial charge in [-0.1, -0.05) is 0 Å². The number of carbonyl (C=O) groups excluding carboxylic acids is 1. The fraction of sp³-hybridized carbons (Fsp3) is 0.364. The maximum absolute atomic E-state index is 11.1. The molecule has 0 aliphatic carbocycles. The largest absolute Gasteiger partial charge is 0.481 e. The van der Waals surface area contributed by atoms with Crippen molar-refractivity contribution in [3.8, 4) is 0 Å². The quantitative estimate of drug-likeness (QED) is 0.631. The standard InChI is InChI=1S/C11H13NO5/c1-6(13)7-2-8(5-12-4-7)11(17)9(14)3-10(15)16/h2,4-5,9,11,14,17H,3H2,1H3,(H,15,16). The number of nitrogens with zero attached hydrogens (tertiary/aromatic N) is 1. The molecular formula is C11H13NO5. The predicted molar refractivity (Wildman–Crippen MR) is 57.5 cm³/mol. The molecule has 0 saturated carbocycles. The van der Waals surface area contributed by atoms with Crippen LogP contribution in [0.1, 0.15) is 35.4 Å². The van der Waals surface area contributed by atoms with E-state index >= 15 is 0 Å². The first kappa shape index (κ1) is 13.3. The van der Waals surface area contributed by atoms with Crippen LogP contribution >= 0.6 is 0 Å². The summed E-state index contributed by atoms with van der Waals surface area (Å²) in [5.74, 6) is -1.44. The predicted octanol–water partition coefficient (Wildman–Crippen LogP) is 0.153. The lowest BCUT2D eigenvalue weighted by molar-refractivity contribution is -0.141.